The van der Waals surface area contributed by atoms with Crippen LogP contribution in [0.5, 0.6) is 0 Å². The van der Waals surface area contributed by atoms with Crippen molar-refractivity contribution in [3.8, 4) is 0 Å². The van der Waals surface area contributed by atoms with Crippen molar-refractivity contribution in [2.24, 2.45) is 11.8 Å². The molecular formula is C21H29N5O2. The minimum atomic E-state index is 0.190. The van der Waals surface area contributed by atoms with Gasteiger partial charge in [0.15, 0.2) is 5.78 Å². The first-order valence-electron chi connectivity index (χ1n) is 10.7. The largest absolute Gasteiger partial charge is 0.378 e. The van der Waals surface area contributed by atoms with Gasteiger partial charge in [-0.3, -0.25) is 10.2 Å². The van der Waals surface area contributed by atoms with Crippen molar-refractivity contribution in [2.75, 3.05) is 31.2 Å². The number of anilines is 1. The van der Waals surface area contributed by atoms with Crippen LogP contribution in [0.4, 0.5) is 5.82 Å². The SMILES string of the molecule is O=C1C=C(C2CCC3NNC(c4cc(N5CCOCC5)ncn4)C3C2)CCC1. The van der Waals surface area contributed by atoms with Gasteiger partial charge in [-0.05, 0) is 50.0 Å². The number of nitrogens with zero attached hydrogens (tertiary/aromatic N) is 3. The van der Waals surface area contributed by atoms with E-state index in [9.17, 15) is 4.79 Å². The molecule has 1 saturated carbocycles. The van der Waals surface area contributed by atoms with E-state index in [1.165, 1.54) is 12.0 Å². The first kappa shape index (κ1) is 18.2. The Balaban J connectivity index is 1.34. The van der Waals surface area contributed by atoms with Gasteiger partial charge in [0.25, 0.3) is 0 Å². The minimum absolute atomic E-state index is 0.190. The van der Waals surface area contributed by atoms with Gasteiger partial charge < -0.3 is 9.64 Å². The number of fused-ring (bicyclic) bond motifs is 1. The topological polar surface area (TPSA) is 79.4 Å². The fraction of sp³-hybridized carbons (Fsp3) is 0.667. The maximum Gasteiger partial charge on any atom is 0.155 e. The fourth-order valence-corrected chi connectivity index (χ4v) is 5.32. The highest BCUT2D eigenvalue weighted by atomic mass is 16.5. The van der Waals surface area contributed by atoms with Crippen molar-refractivity contribution >= 4 is 11.6 Å². The van der Waals surface area contributed by atoms with Gasteiger partial charge >= 0.3 is 0 Å². The molecule has 0 spiro atoms. The summed E-state index contributed by atoms with van der Waals surface area (Å²) in [5.74, 6) is 2.33. The number of morpholine rings is 1. The second-order valence-electron chi connectivity index (χ2n) is 8.49. The van der Waals surface area contributed by atoms with Crippen molar-refractivity contribution in [3.05, 3.63) is 29.7 Å². The van der Waals surface area contributed by atoms with E-state index >= 15 is 0 Å². The Morgan fingerprint density at radius 3 is 2.86 bits per heavy atom. The number of hydrogen-bond acceptors (Lipinski definition) is 7. The maximum absolute atomic E-state index is 11.9. The number of ether oxygens (including phenoxy) is 1. The summed E-state index contributed by atoms with van der Waals surface area (Å²) in [4.78, 5) is 23.3. The standard InChI is InChI=1S/C21H29N5O2/c27-16-3-1-2-14(10-16)15-4-5-18-17(11-15)21(25-24-18)19-12-20(23-13-22-19)26-6-8-28-9-7-26/h10,12-13,15,17-18,21,24-25H,1-9,11H2. The number of carbonyl (C=O) groups excluding carboxylic acids is 1. The van der Waals surface area contributed by atoms with Crippen molar-refractivity contribution in [1.29, 1.82) is 0 Å². The molecule has 3 heterocycles. The van der Waals surface area contributed by atoms with Gasteiger partial charge in [0.05, 0.1) is 24.9 Å². The van der Waals surface area contributed by atoms with Crippen LogP contribution in [0.3, 0.4) is 0 Å². The number of hydrazine groups is 1. The Morgan fingerprint density at radius 1 is 1.11 bits per heavy atom. The summed E-state index contributed by atoms with van der Waals surface area (Å²) in [5.41, 5.74) is 9.46. The summed E-state index contributed by atoms with van der Waals surface area (Å²) >= 11 is 0. The van der Waals surface area contributed by atoms with E-state index in [1.807, 2.05) is 6.08 Å². The molecule has 150 valence electrons. The lowest BCUT2D eigenvalue weighted by Gasteiger charge is -2.35. The number of nitrogens with one attached hydrogen (secondary N) is 2. The molecule has 0 aromatic carbocycles. The molecule has 7 nitrogen and oxygen atoms in total. The van der Waals surface area contributed by atoms with Crippen LogP contribution in [-0.2, 0) is 9.53 Å². The molecule has 1 aromatic rings. The molecule has 2 aliphatic heterocycles. The molecule has 2 aliphatic carbocycles. The highest BCUT2D eigenvalue weighted by Crippen LogP contribution is 2.43. The molecule has 5 rings (SSSR count). The molecule has 4 unspecified atom stereocenters. The van der Waals surface area contributed by atoms with Crippen molar-refractivity contribution in [2.45, 2.75) is 50.6 Å². The molecule has 4 atom stereocenters. The third kappa shape index (κ3) is 3.58. The van der Waals surface area contributed by atoms with E-state index in [1.54, 1.807) is 6.33 Å². The van der Waals surface area contributed by atoms with Gasteiger partial charge in [-0.25, -0.2) is 15.4 Å². The quantitative estimate of drug-likeness (QED) is 0.826. The van der Waals surface area contributed by atoms with E-state index < -0.39 is 0 Å². The zero-order valence-corrected chi connectivity index (χ0v) is 16.3. The summed E-state index contributed by atoms with van der Waals surface area (Å²) in [6, 6.07) is 2.80. The predicted molar refractivity (Wildman–Crippen MR) is 106 cm³/mol. The van der Waals surface area contributed by atoms with Gasteiger partial charge in [-0.2, -0.15) is 0 Å². The van der Waals surface area contributed by atoms with Gasteiger partial charge in [-0.1, -0.05) is 5.57 Å². The van der Waals surface area contributed by atoms with Gasteiger partial charge in [0, 0.05) is 31.6 Å². The van der Waals surface area contributed by atoms with Crippen LogP contribution in [-0.4, -0.2) is 48.1 Å². The van der Waals surface area contributed by atoms with Crippen LogP contribution in [0, 0.1) is 11.8 Å². The Bertz CT molecular complexity index is 761. The van der Waals surface area contributed by atoms with E-state index in [0.29, 0.717) is 23.7 Å². The third-order valence-electron chi connectivity index (χ3n) is 6.84. The lowest BCUT2D eigenvalue weighted by molar-refractivity contribution is -0.115. The van der Waals surface area contributed by atoms with E-state index in [2.05, 4.69) is 31.8 Å². The normalized spacial score (nSPS) is 33.5. The third-order valence-corrected chi connectivity index (χ3v) is 6.84. The number of hydrogen-bond donors (Lipinski definition) is 2. The van der Waals surface area contributed by atoms with E-state index in [-0.39, 0.29) is 6.04 Å². The molecule has 1 aromatic heterocycles. The van der Waals surface area contributed by atoms with E-state index in [0.717, 1.165) is 69.9 Å². The molecule has 7 heteroatoms. The zero-order chi connectivity index (χ0) is 18.9. The molecular weight excluding hydrogens is 354 g/mol. The second-order valence-corrected chi connectivity index (χ2v) is 8.49. The molecule has 0 radical (unpaired) electrons. The maximum atomic E-state index is 11.9. The van der Waals surface area contributed by atoms with E-state index in [4.69, 9.17) is 4.74 Å². The summed E-state index contributed by atoms with van der Waals surface area (Å²) in [7, 11) is 0. The second kappa shape index (κ2) is 7.89. The first-order chi connectivity index (χ1) is 13.8. The van der Waals surface area contributed by atoms with Crippen molar-refractivity contribution < 1.29 is 9.53 Å². The number of allylic oxidation sites excluding steroid dienone is 2. The fourth-order valence-electron chi connectivity index (χ4n) is 5.32. The van der Waals surface area contributed by atoms with Crippen LogP contribution in [0.2, 0.25) is 0 Å². The van der Waals surface area contributed by atoms with Crippen LogP contribution >= 0.6 is 0 Å². The molecule has 0 bridgehead atoms. The predicted octanol–water partition coefficient (Wildman–Crippen LogP) is 1.93. The summed E-state index contributed by atoms with van der Waals surface area (Å²) in [6.45, 7) is 3.26. The highest BCUT2D eigenvalue weighted by Gasteiger charge is 2.42. The van der Waals surface area contributed by atoms with Crippen molar-refractivity contribution in [3.63, 3.8) is 0 Å². The molecule has 2 N–H and O–H groups in total. The smallest absolute Gasteiger partial charge is 0.155 e. The number of ketones is 1. The molecule has 2 saturated heterocycles. The van der Waals surface area contributed by atoms with Crippen LogP contribution in [0.1, 0.15) is 50.3 Å². The molecule has 0 amide bonds. The Hall–Kier alpha value is -1.83. The first-order valence-corrected chi connectivity index (χ1v) is 10.7. The molecule has 28 heavy (non-hydrogen) atoms. The number of carbonyl (C=O) groups is 1. The number of rotatable bonds is 3. The van der Waals surface area contributed by atoms with Crippen LogP contribution < -0.4 is 15.8 Å². The highest BCUT2D eigenvalue weighted by molar-refractivity contribution is 5.91. The van der Waals surface area contributed by atoms with Gasteiger partial charge in [0.2, 0.25) is 0 Å². The molecule has 3 fully saturated rings. The monoisotopic (exact) mass is 383 g/mol. The zero-order valence-electron chi connectivity index (χ0n) is 16.3. The molecule has 4 aliphatic rings. The average Bonchev–Trinajstić information content (AvgIpc) is 3.18. The lowest BCUT2D eigenvalue weighted by atomic mass is 9.71. The van der Waals surface area contributed by atoms with Crippen molar-refractivity contribution in [1.82, 2.24) is 20.8 Å². The summed E-state index contributed by atoms with van der Waals surface area (Å²) in [5, 5.41) is 0. The minimum Gasteiger partial charge on any atom is -0.378 e. The Kier molecular flexibility index (Phi) is 5.13. The van der Waals surface area contributed by atoms with Gasteiger partial charge in [-0.15, -0.1) is 0 Å². The van der Waals surface area contributed by atoms with Crippen LogP contribution in [0.15, 0.2) is 24.0 Å². The number of aromatic nitrogens is 2. The average molecular weight is 383 g/mol. The Labute approximate surface area is 165 Å². The lowest BCUT2D eigenvalue weighted by Crippen LogP contribution is -2.37. The summed E-state index contributed by atoms with van der Waals surface area (Å²) in [6.07, 6.45) is 9.90. The van der Waals surface area contributed by atoms with Gasteiger partial charge in [0.1, 0.15) is 12.1 Å². The summed E-state index contributed by atoms with van der Waals surface area (Å²) < 4.78 is 5.46. The van der Waals surface area contributed by atoms with Crippen LogP contribution in [0.25, 0.3) is 0 Å². The Morgan fingerprint density at radius 2 is 2.00 bits per heavy atom.